The van der Waals surface area contributed by atoms with E-state index < -0.39 is 26.9 Å². The van der Waals surface area contributed by atoms with Crippen molar-refractivity contribution < 1.29 is 31.1 Å². The number of nitrogens with zero attached hydrogens (tertiary/aromatic N) is 1. The van der Waals surface area contributed by atoms with Crippen LogP contribution in [0.15, 0.2) is 59.6 Å². The summed E-state index contributed by atoms with van der Waals surface area (Å²) in [4.78, 5) is 15.6. The van der Waals surface area contributed by atoms with Crippen LogP contribution in [-0.4, -0.2) is 19.5 Å². The highest BCUT2D eigenvalue weighted by atomic mass is 35.7. The second kappa shape index (κ2) is 7.28. The van der Waals surface area contributed by atoms with Gasteiger partial charge >= 0.3 is 12.3 Å². The molecule has 0 saturated heterocycles. The molecule has 1 N–H and O–H groups in total. The van der Waals surface area contributed by atoms with E-state index >= 15 is 0 Å². The number of carbonyl (C=O) groups is 1. The van der Waals surface area contributed by atoms with Crippen molar-refractivity contribution in [1.82, 2.24) is 4.98 Å². The van der Waals surface area contributed by atoms with Gasteiger partial charge in [-0.3, -0.25) is 10.3 Å². The molecule has 1 heterocycles. The van der Waals surface area contributed by atoms with Gasteiger partial charge in [-0.1, -0.05) is 6.07 Å². The van der Waals surface area contributed by atoms with Crippen molar-refractivity contribution in [3.05, 3.63) is 60.3 Å². The number of carbonyl (C=O) groups excluding carboxylic acids is 1. The Morgan fingerprint density at radius 1 is 1.07 bits per heavy atom. The summed E-state index contributed by atoms with van der Waals surface area (Å²) in [5.41, 5.74) is -1.10. The highest BCUT2D eigenvalue weighted by Gasteiger charge is 2.33. The molecule has 3 aromatic rings. The zero-order chi connectivity index (χ0) is 20.5. The predicted octanol–water partition coefficient (Wildman–Crippen LogP) is 4.79. The summed E-state index contributed by atoms with van der Waals surface area (Å²) < 4.78 is 66.8. The van der Waals surface area contributed by atoms with Crippen LogP contribution in [0.3, 0.4) is 0 Å². The first kappa shape index (κ1) is 19.9. The largest absolute Gasteiger partial charge is 0.418 e. The quantitative estimate of drug-likeness (QED) is 0.604. The SMILES string of the molecule is O=C(Nc1ccc(S(=O)(=O)Cl)cc1)Oc1ccnc2c(C(F)(F)F)cccc12. The Balaban J connectivity index is 1.84. The van der Waals surface area contributed by atoms with E-state index in [9.17, 15) is 26.4 Å². The van der Waals surface area contributed by atoms with Gasteiger partial charge in [0.1, 0.15) is 5.75 Å². The molecule has 0 radical (unpaired) electrons. The minimum absolute atomic E-state index is 0.0102. The summed E-state index contributed by atoms with van der Waals surface area (Å²) in [6.07, 6.45) is -4.50. The van der Waals surface area contributed by atoms with Crippen LogP contribution >= 0.6 is 10.7 Å². The molecule has 0 bridgehead atoms. The van der Waals surface area contributed by atoms with E-state index in [0.717, 1.165) is 12.3 Å². The molecular weight excluding hydrogens is 421 g/mol. The lowest BCUT2D eigenvalue weighted by Crippen LogP contribution is -2.17. The van der Waals surface area contributed by atoms with Crippen LogP contribution in [0.4, 0.5) is 23.7 Å². The molecule has 28 heavy (non-hydrogen) atoms. The molecule has 0 aliphatic carbocycles. The van der Waals surface area contributed by atoms with Gasteiger partial charge in [-0.15, -0.1) is 0 Å². The van der Waals surface area contributed by atoms with E-state index in [0.29, 0.717) is 0 Å². The monoisotopic (exact) mass is 430 g/mol. The second-order valence-corrected chi connectivity index (χ2v) is 8.05. The van der Waals surface area contributed by atoms with Crippen LogP contribution in [0.2, 0.25) is 0 Å². The normalized spacial score (nSPS) is 12.0. The number of ether oxygens (including phenoxy) is 1. The topological polar surface area (TPSA) is 85.4 Å². The number of alkyl halides is 3. The molecule has 1 aromatic heterocycles. The van der Waals surface area contributed by atoms with Crippen LogP contribution < -0.4 is 10.1 Å². The summed E-state index contributed by atoms with van der Waals surface area (Å²) in [6.45, 7) is 0. The van der Waals surface area contributed by atoms with Gasteiger partial charge in [-0.2, -0.15) is 13.2 Å². The third kappa shape index (κ3) is 4.34. The smallest absolute Gasteiger partial charge is 0.409 e. The van der Waals surface area contributed by atoms with Crippen molar-refractivity contribution in [2.75, 3.05) is 5.32 Å². The zero-order valence-corrected chi connectivity index (χ0v) is 15.3. The van der Waals surface area contributed by atoms with Crippen molar-refractivity contribution >= 4 is 42.4 Å². The van der Waals surface area contributed by atoms with Gasteiger partial charge in [0.2, 0.25) is 0 Å². The summed E-state index contributed by atoms with van der Waals surface area (Å²) in [5, 5.41) is 2.35. The fourth-order valence-electron chi connectivity index (χ4n) is 2.41. The lowest BCUT2D eigenvalue weighted by molar-refractivity contribution is -0.136. The van der Waals surface area contributed by atoms with E-state index in [1.54, 1.807) is 0 Å². The number of hydrogen-bond donors (Lipinski definition) is 1. The van der Waals surface area contributed by atoms with Gasteiger partial charge in [0.25, 0.3) is 9.05 Å². The number of amides is 1. The minimum atomic E-state index is -4.61. The number of anilines is 1. The van der Waals surface area contributed by atoms with Gasteiger partial charge in [0.05, 0.1) is 16.0 Å². The molecule has 2 aromatic carbocycles. The third-order valence-electron chi connectivity index (χ3n) is 3.62. The molecule has 0 saturated carbocycles. The van der Waals surface area contributed by atoms with Gasteiger partial charge in [-0.25, -0.2) is 13.2 Å². The Bertz CT molecular complexity index is 1150. The van der Waals surface area contributed by atoms with Gasteiger partial charge in [0, 0.05) is 28.0 Å². The molecule has 0 unspecified atom stereocenters. The lowest BCUT2D eigenvalue weighted by atomic mass is 10.1. The average Bonchev–Trinajstić information content (AvgIpc) is 2.60. The zero-order valence-electron chi connectivity index (χ0n) is 13.7. The van der Waals surface area contributed by atoms with E-state index in [1.807, 2.05) is 0 Å². The standard InChI is InChI=1S/C17H10ClF3N2O4S/c18-28(25,26)11-6-4-10(5-7-11)23-16(24)27-14-8-9-22-15-12(14)2-1-3-13(15)17(19,20)21/h1-9H,(H,23,24). The number of aromatic nitrogens is 1. The highest BCUT2D eigenvalue weighted by molar-refractivity contribution is 8.13. The number of rotatable bonds is 3. The van der Waals surface area contributed by atoms with E-state index in [1.165, 1.54) is 42.5 Å². The fourth-order valence-corrected chi connectivity index (χ4v) is 3.18. The van der Waals surface area contributed by atoms with E-state index in [4.69, 9.17) is 15.4 Å². The molecular formula is C17H10ClF3N2O4S. The summed E-state index contributed by atoms with van der Waals surface area (Å²) in [6, 6.07) is 9.58. The molecule has 0 aliphatic heterocycles. The number of fused-ring (bicyclic) bond motifs is 1. The van der Waals surface area contributed by atoms with Gasteiger partial charge in [-0.05, 0) is 42.5 Å². The molecule has 0 aliphatic rings. The first-order valence-corrected chi connectivity index (χ1v) is 9.85. The van der Waals surface area contributed by atoms with Crippen molar-refractivity contribution in [3.8, 4) is 5.75 Å². The molecule has 146 valence electrons. The van der Waals surface area contributed by atoms with E-state index in [2.05, 4.69) is 10.3 Å². The maximum Gasteiger partial charge on any atom is 0.418 e. The summed E-state index contributed by atoms with van der Waals surface area (Å²) in [7, 11) is 1.29. The van der Waals surface area contributed by atoms with Crippen LogP contribution in [0.1, 0.15) is 5.56 Å². The molecule has 0 atom stereocenters. The number of hydrogen-bond acceptors (Lipinski definition) is 5. The van der Waals surface area contributed by atoms with Crippen LogP contribution in [-0.2, 0) is 15.2 Å². The predicted molar refractivity (Wildman–Crippen MR) is 95.9 cm³/mol. The fraction of sp³-hybridized carbons (Fsp3) is 0.0588. The molecule has 0 fully saturated rings. The van der Waals surface area contributed by atoms with E-state index in [-0.39, 0.29) is 27.2 Å². The third-order valence-corrected chi connectivity index (χ3v) is 4.99. The Morgan fingerprint density at radius 3 is 2.36 bits per heavy atom. The van der Waals surface area contributed by atoms with Crippen molar-refractivity contribution in [1.29, 1.82) is 0 Å². The lowest BCUT2D eigenvalue weighted by Gasteiger charge is -2.12. The number of nitrogens with one attached hydrogen (secondary N) is 1. The van der Waals surface area contributed by atoms with Gasteiger partial charge in [0.15, 0.2) is 0 Å². The molecule has 3 rings (SSSR count). The molecule has 1 amide bonds. The number of pyridine rings is 1. The van der Waals surface area contributed by atoms with Gasteiger partial charge < -0.3 is 4.74 Å². The molecule has 0 spiro atoms. The Labute approximate surface area is 161 Å². The summed E-state index contributed by atoms with van der Waals surface area (Å²) in [5.74, 6) is -0.117. The Hall–Kier alpha value is -2.85. The minimum Gasteiger partial charge on any atom is -0.409 e. The van der Waals surface area contributed by atoms with Crippen molar-refractivity contribution in [2.24, 2.45) is 0 Å². The van der Waals surface area contributed by atoms with Crippen LogP contribution in [0.5, 0.6) is 5.75 Å². The average molecular weight is 431 g/mol. The molecule has 11 heteroatoms. The Morgan fingerprint density at radius 2 is 1.75 bits per heavy atom. The molecule has 6 nitrogen and oxygen atoms in total. The van der Waals surface area contributed by atoms with Crippen LogP contribution in [0, 0.1) is 0 Å². The van der Waals surface area contributed by atoms with Crippen molar-refractivity contribution in [3.63, 3.8) is 0 Å². The maximum atomic E-state index is 13.1. The Kier molecular flexibility index (Phi) is 5.18. The number of para-hydroxylation sites is 1. The summed E-state index contributed by atoms with van der Waals surface area (Å²) >= 11 is 0. The maximum absolute atomic E-state index is 13.1. The highest BCUT2D eigenvalue weighted by Crippen LogP contribution is 2.36. The number of benzene rings is 2. The van der Waals surface area contributed by atoms with Crippen LogP contribution in [0.25, 0.3) is 10.9 Å². The van der Waals surface area contributed by atoms with Crippen molar-refractivity contribution in [2.45, 2.75) is 11.1 Å². The number of halogens is 4. The first-order valence-electron chi connectivity index (χ1n) is 7.54. The first-order chi connectivity index (χ1) is 13.1. The second-order valence-electron chi connectivity index (χ2n) is 5.49.